The summed E-state index contributed by atoms with van der Waals surface area (Å²) >= 11 is 0.991. The SMILES string of the molecule is COc1cc(C(=O)O)ccc1NS(=O)(=O)c1csc(-c2ccccc2F)n1. The molecule has 27 heavy (non-hydrogen) atoms. The Hall–Kier alpha value is -2.98. The fraction of sp³-hybridized carbons (Fsp3) is 0.0588. The highest BCUT2D eigenvalue weighted by atomic mass is 32.2. The van der Waals surface area contributed by atoms with Crippen LogP contribution in [-0.2, 0) is 10.0 Å². The lowest BCUT2D eigenvalue weighted by Crippen LogP contribution is -2.14. The first-order valence-electron chi connectivity index (χ1n) is 7.46. The van der Waals surface area contributed by atoms with Crippen LogP contribution >= 0.6 is 11.3 Å². The molecule has 140 valence electrons. The molecule has 0 aliphatic heterocycles. The molecule has 2 aromatic carbocycles. The number of anilines is 1. The van der Waals surface area contributed by atoms with Gasteiger partial charge in [-0.2, -0.15) is 8.42 Å². The van der Waals surface area contributed by atoms with E-state index in [-0.39, 0.29) is 32.6 Å². The Kier molecular flexibility index (Phi) is 5.10. The Bertz CT molecular complexity index is 1110. The van der Waals surface area contributed by atoms with Crippen LogP contribution in [0.4, 0.5) is 10.1 Å². The summed E-state index contributed by atoms with van der Waals surface area (Å²) in [5, 5.41) is 10.2. The van der Waals surface area contributed by atoms with E-state index in [1.165, 1.54) is 48.9 Å². The van der Waals surface area contributed by atoms with Gasteiger partial charge in [0.25, 0.3) is 10.0 Å². The number of sulfonamides is 1. The first-order chi connectivity index (χ1) is 12.8. The minimum atomic E-state index is -4.08. The molecule has 10 heteroatoms. The van der Waals surface area contributed by atoms with Gasteiger partial charge in [0.1, 0.15) is 16.6 Å². The number of hydrogen-bond donors (Lipinski definition) is 2. The van der Waals surface area contributed by atoms with Crippen molar-refractivity contribution in [1.29, 1.82) is 0 Å². The summed E-state index contributed by atoms with van der Waals surface area (Å²) < 4.78 is 46.4. The summed E-state index contributed by atoms with van der Waals surface area (Å²) in [6.07, 6.45) is 0. The van der Waals surface area contributed by atoms with E-state index < -0.39 is 21.8 Å². The Labute approximate surface area is 158 Å². The van der Waals surface area contributed by atoms with Crippen molar-refractivity contribution in [1.82, 2.24) is 4.98 Å². The van der Waals surface area contributed by atoms with E-state index in [1.54, 1.807) is 6.07 Å². The Morgan fingerprint density at radius 1 is 1.26 bits per heavy atom. The topological polar surface area (TPSA) is 106 Å². The number of aromatic nitrogens is 1. The van der Waals surface area contributed by atoms with Crippen molar-refractivity contribution in [3.63, 3.8) is 0 Å². The number of halogens is 1. The first kappa shape index (κ1) is 18.8. The van der Waals surface area contributed by atoms with Crippen molar-refractivity contribution < 1.29 is 27.4 Å². The molecule has 0 amide bonds. The van der Waals surface area contributed by atoms with E-state index in [0.29, 0.717) is 0 Å². The van der Waals surface area contributed by atoms with Crippen molar-refractivity contribution in [2.45, 2.75) is 5.03 Å². The van der Waals surface area contributed by atoms with Gasteiger partial charge in [0.2, 0.25) is 0 Å². The second-order valence-electron chi connectivity index (χ2n) is 5.30. The Morgan fingerprint density at radius 3 is 2.67 bits per heavy atom. The third-order valence-electron chi connectivity index (χ3n) is 3.56. The molecule has 0 unspecified atom stereocenters. The van der Waals surface area contributed by atoms with Gasteiger partial charge in [-0.15, -0.1) is 11.3 Å². The second-order valence-corrected chi connectivity index (χ2v) is 7.78. The molecular weight excluding hydrogens is 395 g/mol. The van der Waals surface area contributed by atoms with Gasteiger partial charge < -0.3 is 9.84 Å². The fourth-order valence-corrected chi connectivity index (χ4v) is 4.44. The number of hydrogen-bond acceptors (Lipinski definition) is 6. The lowest BCUT2D eigenvalue weighted by molar-refractivity contribution is 0.0696. The van der Waals surface area contributed by atoms with Crippen molar-refractivity contribution in [3.05, 3.63) is 59.2 Å². The van der Waals surface area contributed by atoms with E-state index in [2.05, 4.69) is 9.71 Å². The van der Waals surface area contributed by atoms with E-state index in [4.69, 9.17) is 9.84 Å². The molecule has 3 rings (SSSR count). The largest absolute Gasteiger partial charge is 0.495 e. The highest BCUT2D eigenvalue weighted by molar-refractivity contribution is 7.92. The minimum Gasteiger partial charge on any atom is -0.495 e. The minimum absolute atomic E-state index is 0.0445. The maximum absolute atomic E-state index is 13.9. The smallest absolute Gasteiger partial charge is 0.335 e. The van der Waals surface area contributed by atoms with Gasteiger partial charge in [0.15, 0.2) is 5.03 Å². The molecule has 1 aromatic heterocycles. The number of methoxy groups -OCH3 is 1. The summed E-state index contributed by atoms with van der Waals surface area (Å²) in [7, 11) is -2.79. The zero-order chi connectivity index (χ0) is 19.6. The van der Waals surface area contributed by atoms with E-state index in [9.17, 15) is 17.6 Å². The number of nitrogens with zero attached hydrogens (tertiary/aromatic N) is 1. The quantitative estimate of drug-likeness (QED) is 0.647. The highest BCUT2D eigenvalue weighted by Crippen LogP contribution is 2.31. The van der Waals surface area contributed by atoms with Crippen LogP contribution in [0.2, 0.25) is 0 Å². The Morgan fingerprint density at radius 2 is 2.00 bits per heavy atom. The van der Waals surface area contributed by atoms with Gasteiger partial charge in [-0.3, -0.25) is 4.72 Å². The predicted molar refractivity (Wildman–Crippen MR) is 98.3 cm³/mol. The zero-order valence-corrected chi connectivity index (χ0v) is 15.5. The number of carbonyl (C=O) groups is 1. The lowest BCUT2D eigenvalue weighted by atomic mass is 10.2. The molecule has 7 nitrogen and oxygen atoms in total. The summed E-state index contributed by atoms with van der Waals surface area (Å²) in [4.78, 5) is 15.0. The van der Waals surface area contributed by atoms with Crippen LogP contribution in [0.3, 0.4) is 0 Å². The van der Waals surface area contributed by atoms with Gasteiger partial charge >= 0.3 is 5.97 Å². The van der Waals surface area contributed by atoms with Crippen molar-refractivity contribution in [2.24, 2.45) is 0 Å². The van der Waals surface area contributed by atoms with Crippen LogP contribution in [0, 0.1) is 5.82 Å². The van der Waals surface area contributed by atoms with E-state index >= 15 is 0 Å². The van der Waals surface area contributed by atoms with Crippen LogP contribution in [0.5, 0.6) is 5.75 Å². The van der Waals surface area contributed by atoms with Crippen molar-refractivity contribution in [2.75, 3.05) is 11.8 Å². The maximum Gasteiger partial charge on any atom is 0.335 e. The number of rotatable bonds is 6. The summed E-state index contributed by atoms with van der Waals surface area (Å²) in [5.74, 6) is -1.63. The van der Waals surface area contributed by atoms with Crippen LogP contribution in [0.1, 0.15) is 10.4 Å². The number of carboxylic acid groups (broad SMARTS) is 1. The number of nitrogens with one attached hydrogen (secondary N) is 1. The molecule has 0 aliphatic rings. The molecule has 0 spiro atoms. The number of carboxylic acids is 1. The van der Waals surface area contributed by atoms with E-state index in [0.717, 1.165) is 11.3 Å². The molecule has 0 radical (unpaired) electrons. The van der Waals surface area contributed by atoms with Gasteiger partial charge in [-0.25, -0.2) is 14.2 Å². The molecule has 1 heterocycles. The highest BCUT2D eigenvalue weighted by Gasteiger charge is 2.22. The molecule has 3 aromatic rings. The predicted octanol–water partition coefficient (Wildman–Crippen LogP) is 3.46. The molecule has 0 saturated carbocycles. The number of thiazole rings is 1. The first-order valence-corrected chi connectivity index (χ1v) is 9.82. The van der Waals surface area contributed by atoms with Crippen LogP contribution in [-0.4, -0.2) is 31.6 Å². The lowest BCUT2D eigenvalue weighted by Gasteiger charge is -2.11. The molecular formula is C17H13FN2O5S2. The summed E-state index contributed by atoms with van der Waals surface area (Å²) in [6.45, 7) is 0. The number of benzene rings is 2. The number of ether oxygens (including phenoxy) is 1. The average Bonchev–Trinajstić information content (AvgIpc) is 3.13. The molecule has 0 aliphatic carbocycles. The zero-order valence-electron chi connectivity index (χ0n) is 13.8. The van der Waals surface area contributed by atoms with Gasteiger partial charge in [-0.1, -0.05) is 12.1 Å². The third kappa shape index (κ3) is 3.91. The van der Waals surface area contributed by atoms with Crippen molar-refractivity contribution >= 4 is 33.0 Å². The van der Waals surface area contributed by atoms with Gasteiger partial charge in [0, 0.05) is 10.9 Å². The molecule has 0 bridgehead atoms. The third-order valence-corrected chi connectivity index (χ3v) is 5.83. The van der Waals surface area contributed by atoms with Gasteiger partial charge in [0.05, 0.1) is 18.4 Å². The standard InChI is InChI=1S/C17H13FN2O5S2/c1-25-14-8-10(17(21)22)6-7-13(14)20-27(23,24)15-9-26-16(19-15)11-4-2-3-5-12(11)18/h2-9,20H,1H3,(H,21,22). The van der Waals surface area contributed by atoms with Crippen LogP contribution in [0.25, 0.3) is 10.6 Å². The molecule has 2 N–H and O–H groups in total. The summed E-state index contributed by atoms with van der Waals surface area (Å²) in [6, 6.07) is 9.65. The maximum atomic E-state index is 13.9. The molecule has 0 atom stereocenters. The fourth-order valence-electron chi connectivity index (χ4n) is 2.25. The second kappa shape index (κ2) is 7.33. The molecule has 0 fully saturated rings. The van der Waals surface area contributed by atoms with Crippen molar-refractivity contribution in [3.8, 4) is 16.3 Å². The average molecular weight is 408 g/mol. The monoisotopic (exact) mass is 408 g/mol. The number of aromatic carboxylic acids is 1. The van der Waals surface area contributed by atoms with E-state index in [1.807, 2.05) is 0 Å². The molecule has 0 saturated heterocycles. The van der Waals surface area contributed by atoms with Crippen LogP contribution in [0.15, 0.2) is 52.9 Å². The van der Waals surface area contributed by atoms with Gasteiger partial charge in [-0.05, 0) is 30.3 Å². The summed E-state index contributed by atoms with van der Waals surface area (Å²) in [5.41, 5.74) is 0.209. The van der Waals surface area contributed by atoms with Crippen LogP contribution < -0.4 is 9.46 Å². The Balaban J connectivity index is 1.92. The normalized spacial score (nSPS) is 11.2.